The first-order valence-corrected chi connectivity index (χ1v) is 7.31. The molecule has 1 aliphatic heterocycles. The van der Waals surface area contributed by atoms with E-state index in [9.17, 15) is 9.90 Å². The molecular weight excluding hydrogens is 324 g/mol. The highest BCUT2D eigenvalue weighted by molar-refractivity contribution is 9.10. The van der Waals surface area contributed by atoms with E-state index < -0.39 is 17.3 Å². The van der Waals surface area contributed by atoms with Crippen molar-refractivity contribution in [1.82, 2.24) is 9.88 Å². The van der Waals surface area contributed by atoms with E-state index in [1.54, 1.807) is 18.5 Å². The van der Waals surface area contributed by atoms with Gasteiger partial charge in [-0.25, -0.2) is 4.79 Å². The summed E-state index contributed by atoms with van der Waals surface area (Å²) in [4.78, 5) is 17.6. The highest BCUT2D eigenvalue weighted by atomic mass is 79.9. The summed E-state index contributed by atoms with van der Waals surface area (Å²) in [5, 5.41) is 10.8. The molecule has 0 aromatic carbocycles. The summed E-state index contributed by atoms with van der Waals surface area (Å²) >= 11 is 3.39. The SMILES string of the molecule is CC(C)(C)OC(=O)N1CCC(O)(c2ccncc2Br)C1. The number of ether oxygens (including phenoxy) is 1. The minimum atomic E-state index is -1.06. The maximum Gasteiger partial charge on any atom is 0.410 e. The van der Waals surface area contributed by atoms with E-state index in [-0.39, 0.29) is 6.54 Å². The zero-order valence-corrected chi connectivity index (χ0v) is 13.5. The van der Waals surface area contributed by atoms with Crippen LogP contribution in [0.2, 0.25) is 0 Å². The number of hydrogen-bond acceptors (Lipinski definition) is 4. The predicted molar refractivity (Wildman–Crippen MR) is 78.3 cm³/mol. The number of aromatic nitrogens is 1. The number of likely N-dealkylation sites (tertiary alicyclic amines) is 1. The number of carbonyl (C=O) groups excluding carboxylic acids is 1. The van der Waals surface area contributed by atoms with Gasteiger partial charge in [-0.2, -0.15) is 0 Å². The number of amides is 1. The molecule has 1 atom stereocenters. The number of β-amino-alcohol motifs (C(OH)–C–C–N with tert-alkyl or cyclic N) is 1. The number of rotatable bonds is 1. The van der Waals surface area contributed by atoms with E-state index >= 15 is 0 Å². The van der Waals surface area contributed by atoms with Crippen LogP contribution in [0.25, 0.3) is 0 Å². The Kier molecular flexibility index (Phi) is 4.07. The quantitative estimate of drug-likeness (QED) is 0.852. The largest absolute Gasteiger partial charge is 0.444 e. The van der Waals surface area contributed by atoms with E-state index in [1.165, 1.54) is 4.90 Å². The van der Waals surface area contributed by atoms with Crippen LogP contribution in [0, 0.1) is 0 Å². The summed E-state index contributed by atoms with van der Waals surface area (Å²) in [6.07, 6.45) is 3.37. The van der Waals surface area contributed by atoms with Gasteiger partial charge in [0.2, 0.25) is 0 Å². The fourth-order valence-electron chi connectivity index (χ4n) is 2.25. The molecule has 1 N–H and O–H groups in total. The fraction of sp³-hybridized carbons (Fsp3) is 0.571. The second-order valence-electron chi connectivity index (χ2n) is 6.04. The van der Waals surface area contributed by atoms with Gasteiger partial charge >= 0.3 is 6.09 Å². The van der Waals surface area contributed by atoms with Gasteiger partial charge in [0.25, 0.3) is 0 Å². The third-order valence-electron chi connectivity index (χ3n) is 3.17. The van der Waals surface area contributed by atoms with Gasteiger partial charge in [-0.15, -0.1) is 0 Å². The molecule has 1 amide bonds. The average molecular weight is 343 g/mol. The third kappa shape index (κ3) is 3.30. The standard InChI is InChI=1S/C14H19BrN2O3/c1-13(2,3)20-12(18)17-7-5-14(19,9-17)10-4-6-16-8-11(10)15/h4,6,8,19H,5,7,9H2,1-3H3. The second-order valence-corrected chi connectivity index (χ2v) is 6.89. The molecule has 1 aromatic rings. The summed E-state index contributed by atoms with van der Waals surface area (Å²) in [7, 11) is 0. The molecule has 5 nitrogen and oxygen atoms in total. The Balaban J connectivity index is 2.12. The maximum atomic E-state index is 12.0. The van der Waals surface area contributed by atoms with Crippen LogP contribution in [-0.4, -0.2) is 39.8 Å². The first-order valence-electron chi connectivity index (χ1n) is 6.52. The summed E-state index contributed by atoms with van der Waals surface area (Å²) in [5.74, 6) is 0. The van der Waals surface area contributed by atoms with Crippen molar-refractivity contribution in [3.8, 4) is 0 Å². The van der Waals surface area contributed by atoms with Gasteiger partial charge in [-0.1, -0.05) is 0 Å². The molecule has 1 aromatic heterocycles. The van der Waals surface area contributed by atoms with Gasteiger partial charge in [-0.3, -0.25) is 4.98 Å². The van der Waals surface area contributed by atoms with Crippen molar-refractivity contribution in [2.24, 2.45) is 0 Å². The van der Waals surface area contributed by atoms with Crippen molar-refractivity contribution < 1.29 is 14.6 Å². The topological polar surface area (TPSA) is 62.7 Å². The van der Waals surface area contributed by atoms with Crippen LogP contribution in [0.1, 0.15) is 32.8 Å². The molecule has 0 aliphatic carbocycles. The van der Waals surface area contributed by atoms with E-state index in [1.807, 2.05) is 20.8 Å². The van der Waals surface area contributed by atoms with E-state index in [0.29, 0.717) is 13.0 Å². The van der Waals surface area contributed by atoms with Crippen molar-refractivity contribution in [1.29, 1.82) is 0 Å². The molecule has 2 rings (SSSR count). The van der Waals surface area contributed by atoms with Crippen LogP contribution in [0.3, 0.4) is 0 Å². The molecule has 1 unspecified atom stereocenters. The highest BCUT2D eigenvalue weighted by Gasteiger charge is 2.42. The Bertz CT molecular complexity index is 515. The van der Waals surface area contributed by atoms with E-state index in [4.69, 9.17) is 4.74 Å². The smallest absolute Gasteiger partial charge is 0.410 e. The molecule has 0 spiro atoms. The zero-order chi connectivity index (χ0) is 15.0. The number of nitrogens with zero attached hydrogens (tertiary/aromatic N) is 2. The molecule has 0 bridgehead atoms. The maximum absolute atomic E-state index is 12.0. The van der Waals surface area contributed by atoms with Crippen LogP contribution in [0.4, 0.5) is 4.79 Å². The van der Waals surface area contributed by atoms with Crippen molar-refractivity contribution >= 4 is 22.0 Å². The molecule has 1 aliphatic rings. The lowest BCUT2D eigenvalue weighted by Crippen LogP contribution is -2.38. The number of halogens is 1. The molecule has 1 fully saturated rings. The molecule has 2 heterocycles. The van der Waals surface area contributed by atoms with Crippen molar-refractivity contribution in [3.05, 3.63) is 28.5 Å². The monoisotopic (exact) mass is 342 g/mol. The van der Waals surface area contributed by atoms with Gasteiger partial charge in [0, 0.05) is 29.0 Å². The first-order chi connectivity index (χ1) is 9.21. The lowest BCUT2D eigenvalue weighted by Gasteiger charge is -2.27. The Morgan fingerprint density at radius 2 is 2.25 bits per heavy atom. The Labute approximate surface area is 127 Å². The van der Waals surface area contributed by atoms with E-state index in [0.717, 1.165) is 10.0 Å². The number of pyridine rings is 1. The molecular formula is C14H19BrN2O3. The molecule has 1 saturated heterocycles. The third-order valence-corrected chi connectivity index (χ3v) is 3.81. The van der Waals surface area contributed by atoms with Crippen molar-refractivity contribution in [2.75, 3.05) is 13.1 Å². The van der Waals surface area contributed by atoms with Gasteiger partial charge in [0.15, 0.2) is 0 Å². The van der Waals surface area contributed by atoms with Gasteiger partial charge in [0.1, 0.15) is 11.2 Å². The van der Waals surface area contributed by atoms with E-state index in [2.05, 4.69) is 20.9 Å². The summed E-state index contributed by atoms with van der Waals surface area (Å²) < 4.78 is 6.08. The Hall–Kier alpha value is -1.14. The minimum Gasteiger partial charge on any atom is -0.444 e. The Morgan fingerprint density at radius 1 is 1.55 bits per heavy atom. The van der Waals surface area contributed by atoms with Crippen molar-refractivity contribution in [3.63, 3.8) is 0 Å². The van der Waals surface area contributed by atoms with Crippen LogP contribution >= 0.6 is 15.9 Å². The summed E-state index contributed by atoms with van der Waals surface area (Å²) in [6, 6.07) is 1.77. The van der Waals surface area contributed by atoms with Gasteiger partial charge in [-0.05, 0) is 49.2 Å². The number of hydrogen-bond donors (Lipinski definition) is 1. The summed E-state index contributed by atoms with van der Waals surface area (Å²) in [6.45, 7) is 6.18. The molecule has 0 saturated carbocycles. The van der Waals surface area contributed by atoms with Crippen LogP contribution in [0.5, 0.6) is 0 Å². The second kappa shape index (κ2) is 5.33. The normalized spacial score (nSPS) is 22.9. The van der Waals surface area contributed by atoms with Gasteiger partial charge in [0.05, 0.1) is 6.54 Å². The Morgan fingerprint density at radius 3 is 2.85 bits per heavy atom. The zero-order valence-electron chi connectivity index (χ0n) is 11.9. The van der Waals surface area contributed by atoms with Gasteiger partial charge < -0.3 is 14.7 Å². The molecule has 20 heavy (non-hydrogen) atoms. The minimum absolute atomic E-state index is 0.227. The molecule has 0 radical (unpaired) electrons. The average Bonchev–Trinajstić information content (AvgIpc) is 2.71. The molecule has 110 valence electrons. The number of carbonyl (C=O) groups is 1. The fourth-order valence-corrected chi connectivity index (χ4v) is 2.87. The molecule has 6 heteroatoms. The lowest BCUT2D eigenvalue weighted by molar-refractivity contribution is 0.0137. The van der Waals surface area contributed by atoms with Crippen LogP contribution in [0.15, 0.2) is 22.9 Å². The van der Waals surface area contributed by atoms with Crippen LogP contribution < -0.4 is 0 Å². The first kappa shape index (κ1) is 15.3. The lowest BCUT2D eigenvalue weighted by atomic mass is 9.94. The summed E-state index contributed by atoms with van der Waals surface area (Å²) in [5.41, 5.74) is -0.841. The van der Waals surface area contributed by atoms with Crippen molar-refractivity contribution in [2.45, 2.75) is 38.4 Å². The van der Waals surface area contributed by atoms with Crippen LogP contribution in [-0.2, 0) is 10.3 Å². The number of aliphatic hydroxyl groups is 1. The predicted octanol–water partition coefficient (Wildman–Crippen LogP) is 2.67. The highest BCUT2D eigenvalue weighted by Crippen LogP contribution is 2.36.